The summed E-state index contributed by atoms with van der Waals surface area (Å²) in [7, 11) is 1.60. The Balaban J connectivity index is 2.22. The molecule has 11 heteroatoms. The van der Waals surface area contributed by atoms with E-state index in [4.69, 9.17) is 14.9 Å². The molecule has 9 nitrogen and oxygen atoms in total. The molecular weight excluding hydrogens is 330 g/mol. The standard InChI is InChI=1S/C13H18F2N4O5/c1-17-4-5-18(13(17)23)9-2-3-19(12(22)16-9)10(6-14)24-8(7-20)11(15)21/h2-3,8,10-11,20-21H,4-7H2,1H3/t8-,10-,11-/m1/s1. The van der Waals surface area contributed by atoms with Crippen LogP contribution in [0.4, 0.5) is 19.4 Å². The average Bonchev–Trinajstić information content (AvgIpc) is 2.88. The highest BCUT2D eigenvalue weighted by Gasteiger charge is 2.29. The van der Waals surface area contributed by atoms with E-state index in [2.05, 4.69) is 4.98 Å². The van der Waals surface area contributed by atoms with E-state index in [9.17, 15) is 18.4 Å². The van der Waals surface area contributed by atoms with Gasteiger partial charge < -0.3 is 19.8 Å². The summed E-state index contributed by atoms with van der Waals surface area (Å²) in [5.41, 5.74) is -0.914. The molecule has 0 unspecified atom stereocenters. The van der Waals surface area contributed by atoms with E-state index in [1.165, 1.54) is 15.9 Å². The molecule has 2 rings (SSSR count). The maximum Gasteiger partial charge on any atom is 0.351 e. The Kier molecular flexibility index (Phi) is 5.80. The molecule has 1 fully saturated rings. The summed E-state index contributed by atoms with van der Waals surface area (Å²) in [5.74, 6) is 0.104. The average molecular weight is 348 g/mol. The van der Waals surface area contributed by atoms with Crippen LogP contribution < -0.4 is 10.6 Å². The summed E-state index contributed by atoms with van der Waals surface area (Å²) in [4.78, 5) is 30.4. The monoisotopic (exact) mass is 348 g/mol. The van der Waals surface area contributed by atoms with Crippen LogP contribution >= 0.6 is 0 Å². The predicted molar refractivity (Wildman–Crippen MR) is 78.0 cm³/mol. The summed E-state index contributed by atoms with van der Waals surface area (Å²) >= 11 is 0. The fourth-order valence-electron chi connectivity index (χ4n) is 2.21. The van der Waals surface area contributed by atoms with Gasteiger partial charge in [-0.25, -0.2) is 18.4 Å². The molecule has 1 aliphatic heterocycles. The molecule has 2 N–H and O–H groups in total. The van der Waals surface area contributed by atoms with Crippen LogP contribution in [0.1, 0.15) is 6.23 Å². The van der Waals surface area contributed by atoms with E-state index in [1.807, 2.05) is 0 Å². The number of hydrogen-bond acceptors (Lipinski definition) is 6. The van der Waals surface area contributed by atoms with Crippen molar-refractivity contribution in [1.82, 2.24) is 14.5 Å². The SMILES string of the molecule is CN1CCN(c2ccn([C@@H](CF)O[C@H](CO)[C@@H](O)F)c(=O)n2)C1=O. The van der Waals surface area contributed by atoms with E-state index in [0.717, 1.165) is 10.8 Å². The van der Waals surface area contributed by atoms with Gasteiger partial charge in [-0.2, -0.15) is 4.98 Å². The van der Waals surface area contributed by atoms with Crippen LogP contribution in [-0.2, 0) is 4.74 Å². The number of aliphatic hydroxyl groups excluding tert-OH is 2. The van der Waals surface area contributed by atoms with Gasteiger partial charge in [0.15, 0.2) is 6.23 Å². The summed E-state index contributed by atoms with van der Waals surface area (Å²) < 4.78 is 31.6. The number of urea groups is 1. The number of hydrogen-bond donors (Lipinski definition) is 2. The highest BCUT2D eigenvalue weighted by atomic mass is 19.1. The highest BCUT2D eigenvalue weighted by Crippen LogP contribution is 2.17. The second kappa shape index (κ2) is 7.64. The summed E-state index contributed by atoms with van der Waals surface area (Å²) in [6.45, 7) is -1.28. The first-order valence-electron chi connectivity index (χ1n) is 7.15. The Bertz CT molecular complexity index is 641. The summed E-state index contributed by atoms with van der Waals surface area (Å²) in [6.07, 6.45) is -4.66. The lowest BCUT2D eigenvalue weighted by atomic mass is 10.4. The number of ether oxygens (including phenoxy) is 1. The number of alkyl halides is 2. The molecule has 1 aromatic rings. The topological polar surface area (TPSA) is 108 Å². The van der Waals surface area contributed by atoms with Gasteiger partial charge in [0, 0.05) is 26.3 Å². The number of rotatable bonds is 7. The Morgan fingerprint density at radius 2 is 2.12 bits per heavy atom. The van der Waals surface area contributed by atoms with Gasteiger partial charge in [0.25, 0.3) is 0 Å². The lowest BCUT2D eigenvalue weighted by molar-refractivity contribution is -0.165. The van der Waals surface area contributed by atoms with Crippen molar-refractivity contribution in [3.05, 3.63) is 22.7 Å². The van der Waals surface area contributed by atoms with Crippen LogP contribution in [0.2, 0.25) is 0 Å². The molecule has 24 heavy (non-hydrogen) atoms. The third-order valence-corrected chi connectivity index (χ3v) is 3.57. The van der Waals surface area contributed by atoms with E-state index < -0.39 is 37.7 Å². The third kappa shape index (κ3) is 3.68. The molecule has 2 heterocycles. The van der Waals surface area contributed by atoms with Crippen molar-refractivity contribution in [2.24, 2.45) is 0 Å². The van der Waals surface area contributed by atoms with E-state index in [1.54, 1.807) is 7.05 Å². The number of aliphatic hydroxyl groups is 2. The lowest BCUT2D eigenvalue weighted by Gasteiger charge is -2.23. The van der Waals surface area contributed by atoms with Crippen molar-refractivity contribution in [2.45, 2.75) is 18.7 Å². The molecule has 1 saturated heterocycles. The van der Waals surface area contributed by atoms with Crippen molar-refractivity contribution in [1.29, 1.82) is 0 Å². The zero-order chi connectivity index (χ0) is 17.9. The number of carbonyl (C=O) groups excluding carboxylic acids is 1. The van der Waals surface area contributed by atoms with Gasteiger partial charge in [-0.05, 0) is 6.07 Å². The van der Waals surface area contributed by atoms with E-state index >= 15 is 0 Å². The number of nitrogens with zero attached hydrogens (tertiary/aromatic N) is 4. The van der Waals surface area contributed by atoms with Crippen LogP contribution in [0.15, 0.2) is 17.1 Å². The van der Waals surface area contributed by atoms with Gasteiger partial charge in [0.2, 0.25) is 6.36 Å². The molecule has 134 valence electrons. The minimum atomic E-state index is -2.54. The smallest absolute Gasteiger partial charge is 0.351 e. The summed E-state index contributed by atoms with van der Waals surface area (Å²) in [6, 6.07) is 1.00. The maximum atomic E-state index is 13.1. The number of aromatic nitrogens is 2. The first-order chi connectivity index (χ1) is 11.4. The zero-order valence-electron chi connectivity index (χ0n) is 12.9. The van der Waals surface area contributed by atoms with Gasteiger partial charge in [0.05, 0.1) is 6.61 Å². The number of amides is 2. The van der Waals surface area contributed by atoms with Gasteiger partial charge in [-0.1, -0.05) is 0 Å². The van der Waals surface area contributed by atoms with Crippen LogP contribution in [0.5, 0.6) is 0 Å². The molecule has 0 radical (unpaired) electrons. The molecule has 3 atom stereocenters. The number of likely N-dealkylation sites (N-methyl/N-ethyl adjacent to an activating group) is 1. The predicted octanol–water partition coefficient (Wildman–Crippen LogP) is -0.751. The molecule has 2 amide bonds. The van der Waals surface area contributed by atoms with Crippen LogP contribution in [-0.4, -0.2) is 76.6 Å². The second-order valence-electron chi connectivity index (χ2n) is 5.17. The molecule has 1 aliphatic rings. The van der Waals surface area contributed by atoms with E-state index in [-0.39, 0.29) is 11.8 Å². The minimum Gasteiger partial charge on any atom is -0.393 e. The largest absolute Gasteiger partial charge is 0.393 e. The molecule has 0 aliphatic carbocycles. The molecular formula is C13H18F2N4O5. The highest BCUT2D eigenvalue weighted by molar-refractivity contribution is 5.92. The normalized spacial score (nSPS) is 18.8. The van der Waals surface area contributed by atoms with Crippen molar-refractivity contribution in [2.75, 3.05) is 38.3 Å². The van der Waals surface area contributed by atoms with Crippen molar-refractivity contribution in [3.63, 3.8) is 0 Å². The Labute approximate surface area is 135 Å². The van der Waals surface area contributed by atoms with Crippen molar-refractivity contribution < 1.29 is 28.5 Å². The quantitative estimate of drug-likeness (QED) is 0.671. The second-order valence-corrected chi connectivity index (χ2v) is 5.17. The Morgan fingerprint density at radius 3 is 2.58 bits per heavy atom. The fraction of sp³-hybridized carbons (Fsp3) is 0.615. The van der Waals surface area contributed by atoms with Crippen molar-refractivity contribution in [3.8, 4) is 0 Å². The Morgan fingerprint density at radius 1 is 1.42 bits per heavy atom. The molecule has 0 spiro atoms. The lowest BCUT2D eigenvalue weighted by Crippen LogP contribution is -2.38. The third-order valence-electron chi connectivity index (χ3n) is 3.57. The molecule has 0 saturated carbocycles. The molecule has 0 bridgehead atoms. The van der Waals surface area contributed by atoms with Gasteiger partial charge in [0.1, 0.15) is 18.6 Å². The maximum absolute atomic E-state index is 13.1. The fourth-order valence-corrected chi connectivity index (χ4v) is 2.21. The van der Waals surface area contributed by atoms with Crippen molar-refractivity contribution >= 4 is 11.8 Å². The van der Waals surface area contributed by atoms with Gasteiger partial charge >= 0.3 is 11.7 Å². The first-order valence-corrected chi connectivity index (χ1v) is 7.15. The summed E-state index contributed by atoms with van der Waals surface area (Å²) in [5, 5.41) is 17.7. The van der Waals surface area contributed by atoms with Crippen LogP contribution in [0, 0.1) is 0 Å². The van der Waals surface area contributed by atoms with Gasteiger partial charge in [-0.15, -0.1) is 0 Å². The number of carbonyl (C=O) groups is 1. The minimum absolute atomic E-state index is 0.104. The number of halogens is 2. The molecule has 1 aromatic heterocycles. The number of anilines is 1. The van der Waals surface area contributed by atoms with Crippen LogP contribution in [0.3, 0.4) is 0 Å². The molecule has 0 aromatic carbocycles. The van der Waals surface area contributed by atoms with Gasteiger partial charge in [-0.3, -0.25) is 9.47 Å². The zero-order valence-corrected chi connectivity index (χ0v) is 12.9. The van der Waals surface area contributed by atoms with Crippen LogP contribution in [0.25, 0.3) is 0 Å². The van der Waals surface area contributed by atoms with E-state index in [0.29, 0.717) is 13.1 Å². The Hall–Kier alpha value is -2.11. The first kappa shape index (κ1) is 18.2.